The van der Waals surface area contributed by atoms with Gasteiger partial charge in [-0.2, -0.15) is 5.26 Å². The van der Waals surface area contributed by atoms with E-state index in [0.717, 1.165) is 11.4 Å². The zero-order valence-electron chi connectivity index (χ0n) is 8.47. The van der Waals surface area contributed by atoms with E-state index in [2.05, 4.69) is 16.4 Å². The Bertz CT molecular complexity index is 527. The highest BCUT2D eigenvalue weighted by Gasteiger charge is 2.02. The number of hydrogen-bond donors (Lipinski definition) is 2. The lowest BCUT2D eigenvalue weighted by Crippen LogP contribution is -2.01. The van der Waals surface area contributed by atoms with Crippen molar-refractivity contribution < 1.29 is 0 Å². The predicted octanol–water partition coefficient (Wildman–Crippen LogP) is 2.21. The molecule has 1 heterocycles. The molecule has 80 valence electrons. The number of nitrogens with two attached hydrogens (primary N) is 1. The number of nitrogens with zero attached hydrogens (tertiary/aromatic N) is 2. The second-order valence-electron chi connectivity index (χ2n) is 3.19. The fourth-order valence-corrected chi connectivity index (χ4v) is 1.89. The Kier molecular flexibility index (Phi) is 3.03. The van der Waals surface area contributed by atoms with E-state index < -0.39 is 0 Å². The number of rotatable bonds is 3. The summed E-state index contributed by atoms with van der Waals surface area (Å²) in [4.78, 5) is 4.13. The van der Waals surface area contributed by atoms with Crippen LogP contribution in [0.15, 0.2) is 29.6 Å². The van der Waals surface area contributed by atoms with Crippen LogP contribution in [0.3, 0.4) is 0 Å². The van der Waals surface area contributed by atoms with Crippen LogP contribution < -0.4 is 11.1 Å². The third kappa shape index (κ3) is 2.30. The maximum absolute atomic E-state index is 8.90. The summed E-state index contributed by atoms with van der Waals surface area (Å²) in [7, 11) is 0. The fourth-order valence-electron chi connectivity index (χ4n) is 1.32. The summed E-state index contributed by atoms with van der Waals surface area (Å²) < 4.78 is 0. The van der Waals surface area contributed by atoms with Crippen molar-refractivity contribution in [3.63, 3.8) is 0 Å². The van der Waals surface area contributed by atoms with E-state index in [1.807, 2.05) is 23.6 Å². The van der Waals surface area contributed by atoms with E-state index in [0.29, 0.717) is 17.2 Å². The molecule has 3 N–H and O–H groups in total. The van der Waals surface area contributed by atoms with Gasteiger partial charge in [-0.1, -0.05) is 12.1 Å². The van der Waals surface area contributed by atoms with Gasteiger partial charge in [0.25, 0.3) is 0 Å². The lowest BCUT2D eigenvalue weighted by atomic mass is 10.2. The molecule has 0 saturated carbocycles. The van der Waals surface area contributed by atoms with Crippen LogP contribution in [0.2, 0.25) is 0 Å². The van der Waals surface area contributed by atoms with E-state index in [9.17, 15) is 0 Å². The summed E-state index contributed by atoms with van der Waals surface area (Å²) in [5, 5.41) is 14.5. The van der Waals surface area contributed by atoms with Crippen LogP contribution in [0.1, 0.15) is 11.3 Å². The average Bonchev–Trinajstić information content (AvgIpc) is 2.73. The highest BCUT2D eigenvalue weighted by atomic mass is 32.1. The minimum absolute atomic E-state index is 0.561. The third-order valence-corrected chi connectivity index (χ3v) is 2.80. The molecule has 0 aliphatic heterocycles. The summed E-state index contributed by atoms with van der Waals surface area (Å²) in [5.41, 5.74) is 7.86. The zero-order valence-corrected chi connectivity index (χ0v) is 9.29. The number of nitrogen functional groups attached to an aromatic ring is 1. The van der Waals surface area contributed by atoms with Gasteiger partial charge in [-0.3, -0.25) is 0 Å². The Morgan fingerprint density at radius 2 is 2.25 bits per heavy atom. The van der Waals surface area contributed by atoms with Gasteiger partial charge in [-0.05, 0) is 12.1 Å². The molecule has 5 heteroatoms. The average molecular weight is 230 g/mol. The van der Waals surface area contributed by atoms with Gasteiger partial charge in [0.2, 0.25) is 0 Å². The number of nitrogens with one attached hydrogen (secondary N) is 1. The molecule has 2 aromatic rings. The van der Waals surface area contributed by atoms with E-state index in [1.54, 1.807) is 6.07 Å². The van der Waals surface area contributed by atoms with E-state index in [-0.39, 0.29) is 0 Å². The molecule has 0 radical (unpaired) electrons. The van der Waals surface area contributed by atoms with Gasteiger partial charge in [-0.15, -0.1) is 11.3 Å². The smallest absolute Gasteiger partial charge is 0.180 e. The molecule has 0 spiro atoms. The maximum Gasteiger partial charge on any atom is 0.180 e. The highest BCUT2D eigenvalue weighted by Crippen LogP contribution is 2.16. The molecule has 1 aromatic carbocycles. The van der Waals surface area contributed by atoms with Crippen molar-refractivity contribution in [1.82, 2.24) is 4.98 Å². The van der Waals surface area contributed by atoms with Crippen LogP contribution >= 0.6 is 11.3 Å². The number of thiazole rings is 1. The molecular formula is C11H10N4S. The van der Waals surface area contributed by atoms with Crippen molar-refractivity contribution in [2.45, 2.75) is 6.54 Å². The topological polar surface area (TPSA) is 74.7 Å². The Labute approximate surface area is 97.4 Å². The first-order chi connectivity index (χ1) is 7.79. The molecule has 4 nitrogen and oxygen atoms in total. The first-order valence-electron chi connectivity index (χ1n) is 4.72. The maximum atomic E-state index is 8.90. The van der Waals surface area contributed by atoms with Gasteiger partial charge in [0.05, 0.1) is 23.5 Å². The fraction of sp³-hybridized carbons (Fsp3) is 0.0909. The van der Waals surface area contributed by atoms with Crippen LogP contribution in [0.5, 0.6) is 0 Å². The Hall–Kier alpha value is -2.06. The standard InChI is InChI=1S/C11H10N4S/c12-5-8-3-1-2-4-10(8)14-6-9-7-16-11(13)15-9/h1-4,7,14H,6H2,(H2,13,15). The molecule has 16 heavy (non-hydrogen) atoms. The number of para-hydroxylation sites is 1. The normalized spacial score (nSPS) is 9.69. The summed E-state index contributed by atoms with van der Waals surface area (Å²) >= 11 is 1.41. The van der Waals surface area contributed by atoms with Crippen molar-refractivity contribution in [2.75, 3.05) is 11.1 Å². The van der Waals surface area contributed by atoms with Crippen LogP contribution in [-0.2, 0) is 6.54 Å². The largest absolute Gasteiger partial charge is 0.378 e. The Morgan fingerprint density at radius 3 is 2.94 bits per heavy atom. The minimum atomic E-state index is 0.561. The molecule has 0 aliphatic rings. The van der Waals surface area contributed by atoms with Crippen LogP contribution in [0.25, 0.3) is 0 Å². The highest BCUT2D eigenvalue weighted by molar-refractivity contribution is 7.13. The van der Waals surface area contributed by atoms with Gasteiger partial charge in [0.1, 0.15) is 6.07 Å². The second kappa shape index (κ2) is 4.64. The summed E-state index contributed by atoms with van der Waals surface area (Å²) in [6.45, 7) is 0.576. The summed E-state index contributed by atoms with van der Waals surface area (Å²) in [5.74, 6) is 0. The molecule has 0 unspecified atom stereocenters. The van der Waals surface area contributed by atoms with Gasteiger partial charge >= 0.3 is 0 Å². The predicted molar refractivity (Wildman–Crippen MR) is 65.0 cm³/mol. The number of benzene rings is 1. The molecule has 2 rings (SSSR count). The van der Waals surface area contributed by atoms with Crippen molar-refractivity contribution in [3.05, 3.63) is 40.9 Å². The van der Waals surface area contributed by atoms with E-state index in [1.165, 1.54) is 11.3 Å². The number of aromatic nitrogens is 1. The van der Waals surface area contributed by atoms with Gasteiger partial charge in [0.15, 0.2) is 5.13 Å². The first kappa shape index (κ1) is 10.5. The lowest BCUT2D eigenvalue weighted by Gasteiger charge is -2.05. The monoisotopic (exact) mass is 230 g/mol. The first-order valence-corrected chi connectivity index (χ1v) is 5.60. The Balaban J connectivity index is 2.08. The molecule has 0 fully saturated rings. The summed E-state index contributed by atoms with van der Waals surface area (Å²) in [6, 6.07) is 9.50. The molecule has 0 bridgehead atoms. The number of nitriles is 1. The molecule has 0 amide bonds. The van der Waals surface area contributed by atoms with Gasteiger partial charge in [0, 0.05) is 5.38 Å². The van der Waals surface area contributed by atoms with Crippen LogP contribution in [0.4, 0.5) is 10.8 Å². The van der Waals surface area contributed by atoms with Crippen molar-refractivity contribution in [1.29, 1.82) is 5.26 Å². The van der Waals surface area contributed by atoms with Crippen molar-refractivity contribution >= 4 is 22.2 Å². The van der Waals surface area contributed by atoms with Crippen molar-refractivity contribution in [3.8, 4) is 6.07 Å². The zero-order chi connectivity index (χ0) is 11.4. The van der Waals surface area contributed by atoms with Crippen LogP contribution in [0, 0.1) is 11.3 Å². The van der Waals surface area contributed by atoms with Gasteiger partial charge in [-0.25, -0.2) is 4.98 Å². The lowest BCUT2D eigenvalue weighted by molar-refractivity contribution is 1.08. The Morgan fingerprint density at radius 1 is 1.44 bits per heavy atom. The summed E-state index contributed by atoms with van der Waals surface area (Å²) in [6.07, 6.45) is 0. The number of hydrogen-bond acceptors (Lipinski definition) is 5. The third-order valence-electron chi connectivity index (χ3n) is 2.08. The molecule has 1 aromatic heterocycles. The van der Waals surface area contributed by atoms with E-state index >= 15 is 0 Å². The van der Waals surface area contributed by atoms with E-state index in [4.69, 9.17) is 11.0 Å². The molecule has 0 saturated heterocycles. The number of anilines is 2. The van der Waals surface area contributed by atoms with Crippen LogP contribution in [-0.4, -0.2) is 4.98 Å². The minimum Gasteiger partial charge on any atom is -0.378 e. The quantitative estimate of drug-likeness (QED) is 0.847. The van der Waals surface area contributed by atoms with Gasteiger partial charge < -0.3 is 11.1 Å². The molecule has 0 aliphatic carbocycles. The van der Waals surface area contributed by atoms with Crippen molar-refractivity contribution in [2.24, 2.45) is 0 Å². The second-order valence-corrected chi connectivity index (χ2v) is 4.08. The molecular weight excluding hydrogens is 220 g/mol. The molecule has 0 atom stereocenters. The SMILES string of the molecule is N#Cc1ccccc1NCc1csc(N)n1.